The molecule has 0 amide bonds. The van der Waals surface area contributed by atoms with Crippen molar-refractivity contribution in [1.29, 1.82) is 0 Å². The third kappa shape index (κ3) is 1.52. The van der Waals surface area contributed by atoms with Gasteiger partial charge in [-0.3, -0.25) is 0 Å². The first-order valence-electron chi connectivity index (χ1n) is 4.34. The Labute approximate surface area is 68.5 Å². The van der Waals surface area contributed by atoms with Crippen molar-refractivity contribution in [3.05, 3.63) is 12.2 Å². The first-order chi connectivity index (χ1) is 5.21. The molecule has 1 aliphatic carbocycles. The van der Waals surface area contributed by atoms with E-state index in [2.05, 4.69) is 6.58 Å². The second-order valence-corrected chi connectivity index (χ2v) is 3.61. The van der Waals surface area contributed by atoms with Gasteiger partial charge in [-0.15, -0.1) is 0 Å². The van der Waals surface area contributed by atoms with Gasteiger partial charge >= 0.3 is 0 Å². The van der Waals surface area contributed by atoms with Gasteiger partial charge in [0, 0.05) is 5.41 Å². The molecule has 1 nitrogen and oxygen atoms in total. The molecule has 0 spiro atoms. The van der Waals surface area contributed by atoms with Gasteiger partial charge in [-0.1, -0.05) is 31.4 Å². The summed E-state index contributed by atoms with van der Waals surface area (Å²) in [5.41, 5.74) is 0.894. The molecule has 0 aromatic rings. The molecule has 0 atom stereocenters. The Hall–Kier alpha value is -0.590. The zero-order chi connectivity index (χ0) is 8.32. The van der Waals surface area contributed by atoms with Crippen LogP contribution < -0.4 is 0 Å². The summed E-state index contributed by atoms with van der Waals surface area (Å²) in [6.45, 7) is 5.86. The fourth-order valence-corrected chi connectivity index (χ4v) is 1.83. The summed E-state index contributed by atoms with van der Waals surface area (Å²) < 4.78 is 0. The standard InChI is InChI=1S/C10H16O/c1-9(2)10(8-11)6-4-3-5-7-10/h8H,1,3-7H2,2H3. The van der Waals surface area contributed by atoms with Gasteiger partial charge in [0.2, 0.25) is 0 Å². The average Bonchev–Trinajstić information content (AvgIpc) is 2.05. The van der Waals surface area contributed by atoms with Gasteiger partial charge in [-0.05, 0) is 19.8 Å². The maximum Gasteiger partial charge on any atom is 0.130 e. The summed E-state index contributed by atoms with van der Waals surface area (Å²) in [5, 5.41) is 0. The van der Waals surface area contributed by atoms with E-state index in [1.165, 1.54) is 19.3 Å². The first kappa shape index (κ1) is 8.51. The molecule has 1 saturated carbocycles. The topological polar surface area (TPSA) is 17.1 Å². The maximum absolute atomic E-state index is 10.9. The molecule has 1 fully saturated rings. The quantitative estimate of drug-likeness (QED) is 0.439. The molecular formula is C10H16O. The van der Waals surface area contributed by atoms with Crippen LogP contribution in [0, 0.1) is 5.41 Å². The molecule has 0 radical (unpaired) electrons. The van der Waals surface area contributed by atoms with Crippen molar-refractivity contribution in [1.82, 2.24) is 0 Å². The molecule has 0 unspecified atom stereocenters. The highest BCUT2D eigenvalue weighted by Crippen LogP contribution is 2.39. The molecule has 0 aromatic carbocycles. The van der Waals surface area contributed by atoms with Crippen molar-refractivity contribution in [2.75, 3.05) is 0 Å². The van der Waals surface area contributed by atoms with Crippen LogP contribution in [0.15, 0.2) is 12.2 Å². The molecule has 0 bridgehead atoms. The lowest BCUT2D eigenvalue weighted by Crippen LogP contribution is -2.26. The van der Waals surface area contributed by atoms with E-state index in [1.54, 1.807) is 0 Å². The van der Waals surface area contributed by atoms with E-state index in [9.17, 15) is 4.79 Å². The Morgan fingerprint density at radius 1 is 1.36 bits per heavy atom. The molecule has 11 heavy (non-hydrogen) atoms. The predicted octanol–water partition coefficient (Wildman–Crippen LogP) is 2.71. The van der Waals surface area contributed by atoms with Gasteiger partial charge in [0.05, 0.1) is 0 Å². The molecule has 0 N–H and O–H groups in total. The van der Waals surface area contributed by atoms with E-state index in [-0.39, 0.29) is 5.41 Å². The summed E-state index contributed by atoms with van der Waals surface area (Å²) in [4.78, 5) is 10.9. The van der Waals surface area contributed by atoms with Crippen LogP contribution in [-0.2, 0) is 4.79 Å². The van der Waals surface area contributed by atoms with Crippen LogP contribution in [0.5, 0.6) is 0 Å². The fourth-order valence-electron chi connectivity index (χ4n) is 1.83. The van der Waals surface area contributed by atoms with Crippen molar-refractivity contribution in [3.8, 4) is 0 Å². The highest BCUT2D eigenvalue weighted by Gasteiger charge is 2.31. The Morgan fingerprint density at radius 2 is 1.91 bits per heavy atom. The average molecular weight is 152 g/mol. The maximum atomic E-state index is 10.9. The molecule has 0 heterocycles. The third-order valence-corrected chi connectivity index (χ3v) is 2.82. The summed E-state index contributed by atoms with van der Waals surface area (Å²) >= 11 is 0. The Kier molecular flexibility index (Phi) is 2.48. The predicted molar refractivity (Wildman–Crippen MR) is 46.4 cm³/mol. The van der Waals surface area contributed by atoms with Crippen LogP contribution >= 0.6 is 0 Å². The highest BCUT2D eigenvalue weighted by molar-refractivity contribution is 5.64. The van der Waals surface area contributed by atoms with Crippen LogP contribution in [0.3, 0.4) is 0 Å². The number of hydrogen-bond donors (Lipinski definition) is 0. The lowest BCUT2D eigenvalue weighted by Gasteiger charge is -2.32. The van der Waals surface area contributed by atoms with E-state index in [4.69, 9.17) is 0 Å². The van der Waals surface area contributed by atoms with Crippen LogP contribution in [0.25, 0.3) is 0 Å². The van der Waals surface area contributed by atoms with Crippen molar-refractivity contribution in [2.45, 2.75) is 39.0 Å². The minimum absolute atomic E-state index is 0.155. The second kappa shape index (κ2) is 3.21. The second-order valence-electron chi connectivity index (χ2n) is 3.61. The number of aldehydes is 1. The van der Waals surface area contributed by atoms with Crippen molar-refractivity contribution >= 4 is 6.29 Å². The van der Waals surface area contributed by atoms with Crippen LogP contribution in [-0.4, -0.2) is 6.29 Å². The van der Waals surface area contributed by atoms with E-state index in [1.807, 2.05) is 6.92 Å². The summed E-state index contributed by atoms with van der Waals surface area (Å²) in [5.74, 6) is 0. The molecule has 0 aliphatic heterocycles. The van der Waals surface area contributed by atoms with Gasteiger partial charge in [-0.2, -0.15) is 0 Å². The number of carbonyl (C=O) groups is 1. The highest BCUT2D eigenvalue weighted by atomic mass is 16.1. The molecule has 62 valence electrons. The molecular weight excluding hydrogens is 136 g/mol. The van der Waals surface area contributed by atoms with Crippen LogP contribution in [0.2, 0.25) is 0 Å². The minimum Gasteiger partial charge on any atom is -0.302 e. The largest absolute Gasteiger partial charge is 0.302 e. The third-order valence-electron chi connectivity index (χ3n) is 2.82. The Bertz CT molecular complexity index is 164. The van der Waals surface area contributed by atoms with E-state index in [0.29, 0.717) is 0 Å². The van der Waals surface area contributed by atoms with E-state index >= 15 is 0 Å². The molecule has 1 heteroatoms. The zero-order valence-corrected chi connectivity index (χ0v) is 7.23. The Balaban J connectivity index is 2.72. The lowest BCUT2D eigenvalue weighted by molar-refractivity contribution is -0.115. The number of carbonyl (C=O) groups excluding carboxylic acids is 1. The monoisotopic (exact) mass is 152 g/mol. The van der Waals surface area contributed by atoms with Crippen LogP contribution in [0.4, 0.5) is 0 Å². The number of rotatable bonds is 2. The molecule has 1 aliphatic rings. The fraction of sp³-hybridized carbons (Fsp3) is 0.700. The van der Waals surface area contributed by atoms with Crippen molar-refractivity contribution in [2.24, 2.45) is 5.41 Å². The van der Waals surface area contributed by atoms with E-state index in [0.717, 1.165) is 24.7 Å². The number of allylic oxidation sites excluding steroid dienone is 1. The lowest BCUT2D eigenvalue weighted by atomic mass is 9.71. The summed E-state index contributed by atoms with van der Waals surface area (Å²) in [6.07, 6.45) is 6.80. The molecule has 0 aromatic heterocycles. The Morgan fingerprint density at radius 3 is 2.18 bits per heavy atom. The van der Waals surface area contributed by atoms with Gasteiger partial charge in [-0.25, -0.2) is 0 Å². The van der Waals surface area contributed by atoms with Crippen molar-refractivity contribution in [3.63, 3.8) is 0 Å². The van der Waals surface area contributed by atoms with Gasteiger partial charge in [0.1, 0.15) is 6.29 Å². The molecule has 0 saturated heterocycles. The summed E-state index contributed by atoms with van der Waals surface area (Å²) in [6, 6.07) is 0. The molecule has 1 rings (SSSR count). The summed E-state index contributed by atoms with van der Waals surface area (Å²) in [7, 11) is 0. The van der Waals surface area contributed by atoms with Gasteiger partial charge in [0.25, 0.3) is 0 Å². The number of hydrogen-bond acceptors (Lipinski definition) is 1. The smallest absolute Gasteiger partial charge is 0.130 e. The van der Waals surface area contributed by atoms with Gasteiger partial charge < -0.3 is 4.79 Å². The minimum atomic E-state index is -0.155. The normalized spacial score (nSPS) is 22.6. The SMILES string of the molecule is C=C(C)C1(C=O)CCCCC1. The first-order valence-corrected chi connectivity index (χ1v) is 4.34. The van der Waals surface area contributed by atoms with Gasteiger partial charge in [0.15, 0.2) is 0 Å². The van der Waals surface area contributed by atoms with Crippen LogP contribution in [0.1, 0.15) is 39.0 Å². The van der Waals surface area contributed by atoms with Crippen molar-refractivity contribution < 1.29 is 4.79 Å². The van der Waals surface area contributed by atoms with E-state index < -0.39 is 0 Å². The zero-order valence-electron chi connectivity index (χ0n) is 7.23.